The summed E-state index contributed by atoms with van der Waals surface area (Å²) in [7, 11) is 1.56. The zero-order valence-corrected chi connectivity index (χ0v) is 14.7. The summed E-state index contributed by atoms with van der Waals surface area (Å²) in [6.45, 7) is 5.62. The molecular weight excluding hydrogens is 322 g/mol. The Hall–Kier alpha value is -2.76. The summed E-state index contributed by atoms with van der Waals surface area (Å²) in [5, 5.41) is 0. The van der Waals surface area contributed by atoms with Crippen LogP contribution in [0.25, 0.3) is 0 Å². The van der Waals surface area contributed by atoms with Crippen molar-refractivity contribution in [3.05, 3.63) is 51.4 Å². The van der Waals surface area contributed by atoms with Crippen LogP contribution in [0.15, 0.2) is 29.1 Å². The third-order valence-electron chi connectivity index (χ3n) is 4.06. The largest absolute Gasteiger partial charge is 0.493 e. The molecule has 1 atom stereocenters. The van der Waals surface area contributed by atoms with E-state index in [4.69, 9.17) is 14.2 Å². The van der Waals surface area contributed by atoms with Gasteiger partial charge in [0.25, 0.3) is 5.56 Å². The molecular formula is C19H21NO5. The molecule has 1 aliphatic rings. The maximum absolute atomic E-state index is 12.4. The van der Waals surface area contributed by atoms with Gasteiger partial charge in [-0.1, -0.05) is 6.07 Å². The Balaban J connectivity index is 2.08. The van der Waals surface area contributed by atoms with Crippen LogP contribution in [-0.2, 0) is 4.79 Å². The number of ether oxygens (including phenoxy) is 3. The number of carbonyl (C=O) groups excluding carboxylic acids is 1. The van der Waals surface area contributed by atoms with Crippen molar-refractivity contribution >= 4 is 5.97 Å². The topological polar surface area (TPSA) is 77.6 Å². The van der Waals surface area contributed by atoms with Crippen molar-refractivity contribution in [2.45, 2.75) is 39.2 Å². The van der Waals surface area contributed by atoms with Gasteiger partial charge in [-0.15, -0.1) is 0 Å². The normalized spacial score (nSPS) is 16.4. The van der Waals surface area contributed by atoms with Gasteiger partial charge >= 0.3 is 5.97 Å². The molecule has 0 saturated heterocycles. The van der Waals surface area contributed by atoms with Crippen molar-refractivity contribution in [3.63, 3.8) is 0 Å². The first-order valence-corrected chi connectivity index (χ1v) is 8.18. The van der Waals surface area contributed by atoms with Gasteiger partial charge in [0.1, 0.15) is 5.75 Å². The third-order valence-corrected chi connectivity index (χ3v) is 4.06. The molecule has 0 saturated carbocycles. The number of hydrogen-bond acceptors (Lipinski definition) is 5. The molecule has 0 radical (unpaired) electrons. The predicted molar refractivity (Wildman–Crippen MR) is 92.7 cm³/mol. The van der Waals surface area contributed by atoms with Crippen molar-refractivity contribution in [2.75, 3.05) is 7.11 Å². The molecule has 1 aromatic carbocycles. The lowest BCUT2D eigenvalue weighted by molar-refractivity contribution is -0.135. The lowest BCUT2D eigenvalue weighted by Gasteiger charge is -2.25. The van der Waals surface area contributed by atoms with Gasteiger partial charge < -0.3 is 19.2 Å². The summed E-state index contributed by atoms with van der Waals surface area (Å²) < 4.78 is 16.4. The first-order chi connectivity index (χ1) is 11.9. The minimum absolute atomic E-state index is 0.0101. The van der Waals surface area contributed by atoms with Crippen molar-refractivity contribution in [2.24, 2.45) is 0 Å². The molecule has 1 aromatic heterocycles. The highest BCUT2D eigenvalue weighted by atomic mass is 16.5. The second-order valence-electron chi connectivity index (χ2n) is 6.37. The van der Waals surface area contributed by atoms with Crippen LogP contribution in [0, 0.1) is 6.92 Å². The zero-order chi connectivity index (χ0) is 18.1. The molecule has 1 aliphatic heterocycles. The van der Waals surface area contributed by atoms with Gasteiger partial charge in [-0.2, -0.15) is 0 Å². The molecule has 6 nitrogen and oxygen atoms in total. The smallest absolute Gasteiger partial charge is 0.312 e. The van der Waals surface area contributed by atoms with E-state index in [2.05, 4.69) is 4.98 Å². The fourth-order valence-electron chi connectivity index (χ4n) is 3.05. The van der Waals surface area contributed by atoms with Gasteiger partial charge in [-0.25, -0.2) is 0 Å². The molecule has 6 heteroatoms. The van der Waals surface area contributed by atoms with Gasteiger partial charge in [0.2, 0.25) is 0 Å². The van der Waals surface area contributed by atoms with Crippen LogP contribution in [-0.4, -0.2) is 24.2 Å². The fourth-order valence-corrected chi connectivity index (χ4v) is 3.05. The molecule has 0 amide bonds. The van der Waals surface area contributed by atoms with Crippen LogP contribution in [0.2, 0.25) is 0 Å². The molecule has 0 spiro atoms. The quantitative estimate of drug-likeness (QED) is 0.864. The summed E-state index contributed by atoms with van der Waals surface area (Å²) in [4.78, 5) is 27.2. The van der Waals surface area contributed by atoms with Gasteiger partial charge in [0.15, 0.2) is 11.5 Å². The predicted octanol–water partition coefficient (Wildman–Crippen LogP) is 2.92. The molecule has 3 rings (SSSR count). The van der Waals surface area contributed by atoms with Gasteiger partial charge in [0, 0.05) is 17.7 Å². The second kappa shape index (κ2) is 6.63. The summed E-state index contributed by atoms with van der Waals surface area (Å²) in [6, 6.07) is 7.14. The number of methoxy groups -OCH3 is 1. The van der Waals surface area contributed by atoms with Gasteiger partial charge in [-0.3, -0.25) is 9.59 Å². The number of hydrogen-bond donors (Lipinski definition) is 1. The molecule has 0 bridgehead atoms. The van der Waals surface area contributed by atoms with E-state index in [0.29, 0.717) is 28.5 Å². The Labute approximate surface area is 145 Å². The SMILES string of the molecule is COc1cc([C@H]2CC(=O)Oc3cc(C)[nH]c(=O)c32)ccc1OC(C)C. The molecule has 2 aromatic rings. The zero-order valence-electron chi connectivity index (χ0n) is 14.7. The standard InChI is InChI=1S/C19H21NO5/c1-10(2)24-14-6-5-12(8-15(14)23-4)13-9-17(21)25-16-7-11(3)20-19(22)18(13)16/h5-8,10,13H,9H2,1-4H3,(H,20,22)/t13-/m1/s1. The number of fused-ring (bicyclic) bond motifs is 1. The number of H-pyrrole nitrogens is 1. The van der Waals surface area contributed by atoms with Crippen LogP contribution in [0.5, 0.6) is 17.2 Å². The van der Waals surface area contributed by atoms with Crippen LogP contribution in [0.3, 0.4) is 0 Å². The van der Waals surface area contributed by atoms with Crippen LogP contribution in [0.4, 0.5) is 0 Å². The first kappa shape index (κ1) is 17.1. The van der Waals surface area contributed by atoms with E-state index in [1.165, 1.54) is 0 Å². The molecule has 0 fully saturated rings. The molecule has 1 N–H and O–H groups in total. The molecule has 132 valence electrons. The van der Waals surface area contributed by atoms with Crippen LogP contribution < -0.4 is 19.8 Å². The van der Waals surface area contributed by atoms with Gasteiger partial charge in [-0.05, 0) is 38.5 Å². The van der Waals surface area contributed by atoms with E-state index in [-0.39, 0.29) is 30.0 Å². The fraction of sp³-hybridized carbons (Fsp3) is 0.368. The Morgan fingerprint density at radius 3 is 2.64 bits per heavy atom. The number of benzene rings is 1. The summed E-state index contributed by atoms with van der Waals surface area (Å²) in [6.07, 6.45) is 0.114. The lowest BCUT2D eigenvalue weighted by Crippen LogP contribution is -2.28. The Morgan fingerprint density at radius 1 is 1.20 bits per heavy atom. The summed E-state index contributed by atoms with van der Waals surface area (Å²) >= 11 is 0. The lowest BCUT2D eigenvalue weighted by atomic mass is 9.87. The number of esters is 1. The Kier molecular flexibility index (Phi) is 4.53. The van der Waals surface area contributed by atoms with Crippen molar-refractivity contribution in [1.82, 2.24) is 4.98 Å². The van der Waals surface area contributed by atoms with E-state index in [1.807, 2.05) is 26.0 Å². The Bertz CT molecular complexity index is 869. The first-order valence-electron chi connectivity index (χ1n) is 8.18. The summed E-state index contributed by atoms with van der Waals surface area (Å²) in [5.41, 5.74) is 1.68. The number of aromatic nitrogens is 1. The molecule has 0 unspecified atom stereocenters. The van der Waals surface area contributed by atoms with E-state index >= 15 is 0 Å². The average molecular weight is 343 g/mol. The van der Waals surface area contributed by atoms with Crippen molar-refractivity contribution < 1.29 is 19.0 Å². The highest BCUT2D eigenvalue weighted by Crippen LogP contribution is 2.39. The highest BCUT2D eigenvalue weighted by molar-refractivity contribution is 5.77. The van der Waals surface area contributed by atoms with E-state index in [1.54, 1.807) is 26.2 Å². The van der Waals surface area contributed by atoms with Crippen LogP contribution in [0.1, 0.15) is 43.0 Å². The number of aryl methyl sites for hydroxylation is 1. The number of rotatable bonds is 4. The van der Waals surface area contributed by atoms with E-state index < -0.39 is 0 Å². The van der Waals surface area contributed by atoms with Crippen LogP contribution >= 0.6 is 0 Å². The second-order valence-corrected chi connectivity index (χ2v) is 6.37. The monoisotopic (exact) mass is 343 g/mol. The van der Waals surface area contributed by atoms with Crippen molar-refractivity contribution in [1.29, 1.82) is 0 Å². The summed E-state index contributed by atoms with van der Waals surface area (Å²) in [5.74, 6) is 0.767. The number of pyridine rings is 1. The van der Waals surface area contributed by atoms with E-state index in [9.17, 15) is 9.59 Å². The number of nitrogens with one attached hydrogen (secondary N) is 1. The number of carbonyl (C=O) groups is 1. The molecule has 25 heavy (non-hydrogen) atoms. The van der Waals surface area contributed by atoms with Gasteiger partial charge in [0.05, 0.1) is 25.2 Å². The minimum Gasteiger partial charge on any atom is -0.493 e. The highest BCUT2D eigenvalue weighted by Gasteiger charge is 2.32. The van der Waals surface area contributed by atoms with Crippen molar-refractivity contribution in [3.8, 4) is 17.2 Å². The maximum atomic E-state index is 12.4. The minimum atomic E-state index is -0.386. The molecule has 2 heterocycles. The third kappa shape index (κ3) is 3.38. The molecule has 0 aliphatic carbocycles. The number of aromatic amines is 1. The average Bonchev–Trinajstić information content (AvgIpc) is 2.53. The van der Waals surface area contributed by atoms with E-state index in [0.717, 1.165) is 5.56 Å². The maximum Gasteiger partial charge on any atom is 0.312 e. The Morgan fingerprint density at radius 2 is 1.96 bits per heavy atom.